The summed E-state index contributed by atoms with van der Waals surface area (Å²) < 4.78 is 26.5. The van der Waals surface area contributed by atoms with E-state index in [-0.39, 0.29) is 10.4 Å². The fraction of sp³-hybridized carbons (Fsp3) is 0.647. The minimum atomic E-state index is -0.920. The van der Waals surface area contributed by atoms with E-state index in [2.05, 4.69) is 6.92 Å². The second kappa shape index (κ2) is 7.78. The number of hydrogen-bond donors (Lipinski definition) is 0. The SMILES string of the molecule is CCCCC1CCC(C(Cl)c2cc(F)c(F)cc2Cl)CC1. The van der Waals surface area contributed by atoms with Gasteiger partial charge >= 0.3 is 0 Å². The highest BCUT2D eigenvalue weighted by Crippen LogP contribution is 2.43. The van der Waals surface area contributed by atoms with Crippen molar-refractivity contribution in [2.75, 3.05) is 0 Å². The van der Waals surface area contributed by atoms with Crippen LogP contribution < -0.4 is 0 Å². The van der Waals surface area contributed by atoms with Crippen LogP contribution >= 0.6 is 23.2 Å². The monoisotopic (exact) mass is 334 g/mol. The number of alkyl halides is 1. The fourth-order valence-corrected chi connectivity index (χ4v) is 4.02. The zero-order valence-corrected chi connectivity index (χ0v) is 13.9. The Morgan fingerprint density at radius 2 is 1.76 bits per heavy atom. The molecule has 0 saturated heterocycles. The molecule has 1 unspecified atom stereocenters. The van der Waals surface area contributed by atoms with Gasteiger partial charge in [-0.2, -0.15) is 0 Å². The molecule has 0 spiro atoms. The van der Waals surface area contributed by atoms with Gasteiger partial charge in [0.1, 0.15) is 0 Å². The third-order valence-electron chi connectivity index (χ3n) is 4.61. The lowest BCUT2D eigenvalue weighted by Gasteiger charge is -2.31. The number of benzene rings is 1. The molecular formula is C17H22Cl2F2. The van der Waals surface area contributed by atoms with Crippen LogP contribution in [-0.4, -0.2) is 0 Å². The van der Waals surface area contributed by atoms with Crippen LogP contribution in [0.15, 0.2) is 12.1 Å². The van der Waals surface area contributed by atoms with Crippen LogP contribution in [0.25, 0.3) is 0 Å². The maximum atomic E-state index is 13.4. The standard InChI is InChI=1S/C17H22Cl2F2/c1-2-3-4-11-5-7-12(8-6-11)17(19)13-9-15(20)16(21)10-14(13)18/h9-12,17H,2-8H2,1H3. The van der Waals surface area contributed by atoms with Crippen molar-refractivity contribution in [2.24, 2.45) is 11.8 Å². The first-order valence-electron chi connectivity index (χ1n) is 7.81. The molecule has 118 valence electrons. The van der Waals surface area contributed by atoms with E-state index < -0.39 is 11.6 Å². The Morgan fingerprint density at radius 1 is 1.14 bits per heavy atom. The first kappa shape index (κ1) is 17.0. The van der Waals surface area contributed by atoms with Crippen molar-refractivity contribution in [1.82, 2.24) is 0 Å². The quantitative estimate of drug-likeness (QED) is 0.406. The van der Waals surface area contributed by atoms with Crippen molar-refractivity contribution in [2.45, 2.75) is 57.2 Å². The number of halogens is 4. The molecule has 0 radical (unpaired) electrons. The molecule has 1 fully saturated rings. The molecule has 1 aromatic rings. The Kier molecular flexibility index (Phi) is 6.31. The van der Waals surface area contributed by atoms with Crippen LogP contribution in [0.3, 0.4) is 0 Å². The zero-order chi connectivity index (χ0) is 15.4. The lowest BCUT2D eigenvalue weighted by atomic mass is 9.77. The Labute approximate surface area is 135 Å². The maximum Gasteiger partial charge on any atom is 0.160 e. The van der Waals surface area contributed by atoms with Crippen molar-refractivity contribution >= 4 is 23.2 Å². The predicted octanol–water partition coefficient (Wildman–Crippen LogP) is 6.89. The topological polar surface area (TPSA) is 0 Å². The van der Waals surface area contributed by atoms with Gasteiger partial charge in [-0.25, -0.2) is 8.78 Å². The molecule has 2 rings (SSSR count). The molecule has 0 heterocycles. The average Bonchev–Trinajstić information content (AvgIpc) is 2.48. The van der Waals surface area contributed by atoms with Crippen LogP contribution in [-0.2, 0) is 0 Å². The summed E-state index contributed by atoms with van der Waals surface area (Å²) in [6, 6.07) is 2.17. The van der Waals surface area contributed by atoms with E-state index in [4.69, 9.17) is 23.2 Å². The molecule has 1 aromatic carbocycles. The maximum absolute atomic E-state index is 13.4. The van der Waals surface area contributed by atoms with Gasteiger partial charge in [0.05, 0.1) is 5.38 Å². The Morgan fingerprint density at radius 3 is 2.38 bits per heavy atom. The molecule has 0 N–H and O–H groups in total. The third kappa shape index (κ3) is 4.32. The largest absolute Gasteiger partial charge is 0.204 e. The molecule has 0 aliphatic heterocycles. The summed E-state index contributed by atoms with van der Waals surface area (Å²) in [6.45, 7) is 2.21. The lowest BCUT2D eigenvalue weighted by molar-refractivity contribution is 0.254. The first-order chi connectivity index (χ1) is 10.0. The van der Waals surface area contributed by atoms with Crippen LogP contribution in [0.2, 0.25) is 5.02 Å². The van der Waals surface area contributed by atoms with E-state index in [0.717, 1.165) is 30.9 Å². The van der Waals surface area contributed by atoms with Crippen LogP contribution in [0.1, 0.15) is 62.8 Å². The predicted molar refractivity (Wildman–Crippen MR) is 84.9 cm³/mol. The summed E-state index contributed by atoms with van der Waals surface area (Å²) >= 11 is 12.5. The number of unbranched alkanes of at least 4 members (excludes halogenated alkanes) is 1. The van der Waals surface area contributed by atoms with Crippen LogP contribution in [0.5, 0.6) is 0 Å². The summed E-state index contributed by atoms with van der Waals surface area (Å²) in [5, 5.41) is -0.110. The van der Waals surface area contributed by atoms with Crippen molar-refractivity contribution in [3.63, 3.8) is 0 Å². The summed E-state index contributed by atoms with van der Waals surface area (Å²) in [5.74, 6) is -0.704. The molecule has 0 aromatic heterocycles. The summed E-state index contributed by atoms with van der Waals surface area (Å²) in [5.41, 5.74) is 0.522. The smallest absolute Gasteiger partial charge is 0.160 e. The Balaban J connectivity index is 1.99. The Hall–Kier alpha value is -0.340. The van der Waals surface area contributed by atoms with Gasteiger partial charge < -0.3 is 0 Å². The van der Waals surface area contributed by atoms with E-state index in [0.29, 0.717) is 11.5 Å². The molecule has 0 amide bonds. The van der Waals surface area contributed by atoms with Gasteiger partial charge in [0, 0.05) is 5.02 Å². The molecule has 4 heteroatoms. The van der Waals surface area contributed by atoms with E-state index in [1.54, 1.807) is 0 Å². The van der Waals surface area contributed by atoms with Crippen molar-refractivity contribution in [3.05, 3.63) is 34.4 Å². The lowest BCUT2D eigenvalue weighted by Crippen LogP contribution is -2.18. The third-order valence-corrected chi connectivity index (χ3v) is 5.53. The summed E-state index contributed by atoms with van der Waals surface area (Å²) in [6.07, 6.45) is 8.25. The van der Waals surface area contributed by atoms with Crippen molar-refractivity contribution in [1.29, 1.82) is 0 Å². The number of rotatable bonds is 5. The summed E-state index contributed by atoms with van der Waals surface area (Å²) in [4.78, 5) is 0. The molecule has 1 atom stereocenters. The second-order valence-electron chi connectivity index (χ2n) is 6.11. The van der Waals surface area contributed by atoms with E-state index in [9.17, 15) is 8.78 Å². The van der Waals surface area contributed by atoms with Gasteiger partial charge in [0.25, 0.3) is 0 Å². The van der Waals surface area contributed by atoms with Crippen molar-refractivity contribution < 1.29 is 8.78 Å². The van der Waals surface area contributed by atoms with Gasteiger partial charge in [-0.1, -0.05) is 50.6 Å². The van der Waals surface area contributed by atoms with Gasteiger partial charge in [0.2, 0.25) is 0 Å². The fourth-order valence-electron chi connectivity index (χ4n) is 3.27. The minimum absolute atomic E-state index is 0.224. The van der Waals surface area contributed by atoms with Gasteiger partial charge in [-0.3, -0.25) is 0 Å². The highest BCUT2D eigenvalue weighted by molar-refractivity contribution is 6.32. The molecule has 1 saturated carbocycles. The minimum Gasteiger partial charge on any atom is -0.204 e. The molecule has 0 bridgehead atoms. The van der Waals surface area contributed by atoms with Crippen LogP contribution in [0, 0.1) is 23.5 Å². The normalized spacial score (nSPS) is 24.0. The molecular weight excluding hydrogens is 313 g/mol. The van der Waals surface area contributed by atoms with Crippen molar-refractivity contribution in [3.8, 4) is 0 Å². The highest BCUT2D eigenvalue weighted by atomic mass is 35.5. The van der Waals surface area contributed by atoms with E-state index in [1.807, 2.05) is 0 Å². The molecule has 0 nitrogen and oxygen atoms in total. The second-order valence-corrected chi connectivity index (χ2v) is 6.99. The van der Waals surface area contributed by atoms with E-state index in [1.165, 1.54) is 32.1 Å². The Bertz CT molecular complexity index is 468. The zero-order valence-electron chi connectivity index (χ0n) is 12.3. The molecule has 1 aliphatic carbocycles. The van der Waals surface area contributed by atoms with Crippen LogP contribution in [0.4, 0.5) is 8.78 Å². The van der Waals surface area contributed by atoms with E-state index >= 15 is 0 Å². The highest BCUT2D eigenvalue weighted by Gasteiger charge is 2.29. The average molecular weight is 335 g/mol. The summed E-state index contributed by atoms with van der Waals surface area (Å²) in [7, 11) is 0. The van der Waals surface area contributed by atoms with Gasteiger partial charge in [0.15, 0.2) is 11.6 Å². The van der Waals surface area contributed by atoms with Gasteiger partial charge in [-0.15, -0.1) is 11.6 Å². The molecule has 1 aliphatic rings. The first-order valence-corrected chi connectivity index (χ1v) is 8.62. The number of hydrogen-bond acceptors (Lipinski definition) is 0. The van der Waals surface area contributed by atoms with Gasteiger partial charge in [-0.05, 0) is 42.4 Å². The molecule has 21 heavy (non-hydrogen) atoms.